The van der Waals surface area contributed by atoms with Crippen LogP contribution in [-0.2, 0) is 19.8 Å². The van der Waals surface area contributed by atoms with Gasteiger partial charge in [-0.3, -0.25) is 14.6 Å². The summed E-state index contributed by atoms with van der Waals surface area (Å²) in [6.45, 7) is 1.99. The number of rotatable bonds is 3. The van der Waals surface area contributed by atoms with Crippen LogP contribution in [0.2, 0.25) is 0 Å². The van der Waals surface area contributed by atoms with Crippen LogP contribution in [-0.4, -0.2) is 61.6 Å². The van der Waals surface area contributed by atoms with E-state index in [0.717, 1.165) is 22.5 Å². The number of carbonyl (C=O) groups is 1. The highest BCUT2D eigenvalue weighted by atomic mass is 16.8. The van der Waals surface area contributed by atoms with E-state index in [2.05, 4.69) is 6.08 Å². The van der Waals surface area contributed by atoms with Crippen molar-refractivity contribution in [1.29, 1.82) is 0 Å². The molecule has 4 aliphatic heterocycles. The molecule has 30 heavy (non-hydrogen) atoms. The van der Waals surface area contributed by atoms with Crippen LogP contribution in [0.3, 0.4) is 0 Å². The lowest BCUT2D eigenvalue weighted by atomic mass is 9.42. The molecule has 6 aliphatic rings. The first kappa shape index (κ1) is 18.4. The summed E-state index contributed by atoms with van der Waals surface area (Å²) < 4.78 is 16.4. The predicted molar refractivity (Wildman–Crippen MR) is 106 cm³/mol. The molecule has 3 unspecified atom stereocenters. The molecule has 1 aromatic carbocycles. The molecule has 0 aromatic heterocycles. The molecule has 7 rings (SSSR count). The molecule has 3 saturated heterocycles. The molecule has 2 saturated carbocycles. The number of allylic oxidation sites excluding steroid dienone is 1. The number of ether oxygens (including phenoxy) is 3. The maximum atomic E-state index is 13.3. The van der Waals surface area contributed by atoms with Crippen LogP contribution < -0.4 is 9.47 Å². The zero-order valence-corrected chi connectivity index (χ0v) is 17.3. The third-order valence-electron chi connectivity index (χ3n) is 7.84. The zero-order valence-electron chi connectivity index (χ0n) is 17.3. The summed E-state index contributed by atoms with van der Waals surface area (Å²) in [5, 5.41) is 13.0. The lowest BCUT2D eigenvalue weighted by Gasteiger charge is -2.63. The zero-order chi connectivity index (χ0) is 20.9. The fraction of sp³-hybridized carbons (Fsp3) is 0.545. The molecule has 0 radical (unpaired) electrons. The number of nitrogens with zero attached hydrogens (tertiary/aromatic N) is 2. The number of aliphatic imine (C=N–C) groups is 1. The molecule has 1 aromatic rings. The molecule has 2 aliphatic carbocycles. The number of methoxy groups -OCH3 is 3. The Morgan fingerprint density at radius 3 is 2.70 bits per heavy atom. The van der Waals surface area contributed by atoms with Gasteiger partial charge in [0, 0.05) is 12.0 Å². The van der Waals surface area contributed by atoms with Crippen molar-refractivity contribution in [3.05, 3.63) is 29.3 Å². The van der Waals surface area contributed by atoms with Crippen LogP contribution >= 0.6 is 0 Å². The molecule has 8 heteroatoms. The molecular formula is C22H24N2O6. The van der Waals surface area contributed by atoms with Crippen LogP contribution in [0, 0.1) is 17.8 Å². The van der Waals surface area contributed by atoms with Crippen molar-refractivity contribution in [2.75, 3.05) is 21.3 Å². The van der Waals surface area contributed by atoms with E-state index in [1.165, 1.54) is 7.11 Å². The maximum Gasteiger partial charge on any atom is 0.310 e. The number of benzene rings is 1. The second-order valence-corrected chi connectivity index (χ2v) is 8.56. The van der Waals surface area contributed by atoms with Crippen molar-refractivity contribution in [1.82, 2.24) is 5.06 Å². The van der Waals surface area contributed by atoms with Gasteiger partial charge in [0.05, 0.1) is 56.1 Å². The van der Waals surface area contributed by atoms with E-state index in [9.17, 15) is 9.90 Å². The number of esters is 1. The largest absolute Gasteiger partial charge is 0.493 e. The lowest BCUT2D eigenvalue weighted by Crippen LogP contribution is -2.75. The van der Waals surface area contributed by atoms with E-state index in [1.54, 1.807) is 14.2 Å². The molecule has 1 spiro atoms. The van der Waals surface area contributed by atoms with E-state index in [-0.39, 0.29) is 29.9 Å². The molecule has 8 atom stereocenters. The van der Waals surface area contributed by atoms with Crippen molar-refractivity contribution in [3.63, 3.8) is 0 Å². The Bertz CT molecular complexity index is 1030. The minimum absolute atomic E-state index is 0.0110. The third kappa shape index (κ3) is 1.76. The lowest BCUT2D eigenvalue weighted by molar-refractivity contribution is -0.234. The molecule has 8 nitrogen and oxygen atoms in total. The Kier molecular flexibility index (Phi) is 3.57. The number of hydroxylamine groups is 2. The van der Waals surface area contributed by atoms with Gasteiger partial charge in [-0.25, -0.2) is 0 Å². The van der Waals surface area contributed by atoms with Crippen LogP contribution in [0.15, 0.2) is 28.8 Å². The predicted octanol–water partition coefficient (Wildman–Crippen LogP) is 1.73. The average Bonchev–Trinajstić information content (AvgIpc) is 3.26. The van der Waals surface area contributed by atoms with Crippen molar-refractivity contribution in [2.45, 2.75) is 37.1 Å². The topological polar surface area (TPSA) is 89.8 Å². The highest BCUT2D eigenvalue weighted by molar-refractivity contribution is 6.11. The Morgan fingerprint density at radius 2 is 2.03 bits per heavy atom. The van der Waals surface area contributed by atoms with Gasteiger partial charge in [0.1, 0.15) is 0 Å². The minimum Gasteiger partial charge on any atom is -0.493 e. The fourth-order valence-corrected chi connectivity index (χ4v) is 6.99. The van der Waals surface area contributed by atoms with Gasteiger partial charge in [0.15, 0.2) is 17.8 Å². The monoisotopic (exact) mass is 412 g/mol. The van der Waals surface area contributed by atoms with Crippen LogP contribution in [0.5, 0.6) is 11.5 Å². The van der Waals surface area contributed by atoms with Crippen molar-refractivity contribution in [3.8, 4) is 11.5 Å². The first-order valence-electron chi connectivity index (χ1n) is 10.3. The number of hydrogen-bond donors (Lipinski definition) is 1. The van der Waals surface area contributed by atoms with Crippen molar-refractivity contribution < 1.29 is 28.9 Å². The van der Waals surface area contributed by atoms with Gasteiger partial charge in [-0.1, -0.05) is 11.6 Å². The van der Waals surface area contributed by atoms with E-state index in [1.807, 2.05) is 24.1 Å². The first-order valence-corrected chi connectivity index (χ1v) is 10.3. The van der Waals surface area contributed by atoms with Crippen molar-refractivity contribution >= 4 is 17.4 Å². The third-order valence-corrected chi connectivity index (χ3v) is 7.84. The number of aliphatic hydroxyl groups excluding tert-OH is 1. The van der Waals surface area contributed by atoms with Gasteiger partial charge in [0.25, 0.3) is 0 Å². The summed E-state index contributed by atoms with van der Waals surface area (Å²) >= 11 is 0. The van der Waals surface area contributed by atoms with Crippen LogP contribution in [0.25, 0.3) is 0 Å². The van der Waals surface area contributed by atoms with Gasteiger partial charge >= 0.3 is 5.97 Å². The highest BCUT2D eigenvalue weighted by Gasteiger charge is 2.78. The molecule has 4 heterocycles. The molecule has 6 bridgehead atoms. The Morgan fingerprint density at radius 1 is 1.30 bits per heavy atom. The fourth-order valence-electron chi connectivity index (χ4n) is 6.99. The van der Waals surface area contributed by atoms with Crippen LogP contribution in [0.1, 0.15) is 18.9 Å². The minimum atomic E-state index is -1.04. The average molecular weight is 412 g/mol. The molecular weight excluding hydrogens is 388 g/mol. The van der Waals surface area contributed by atoms with Gasteiger partial charge in [-0.15, -0.1) is 0 Å². The summed E-state index contributed by atoms with van der Waals surface area (Å²) in [7, 11) is 4.60. The normalized spacial score (nSPS) is 42.8. The standard InChI is InChI=1S/C22H24N2O6/c1-5-9-10-6-13-19-22(16(10)20(25)29-4,17-18(9)24(13)30-21(17)26)11-7-14(27-2)15(28-3)8-12(11)23-19/h5,7-8,10,13,16-18,21,26H,6H2,1-4H3/b9-5+/t10-,13-,16?,17?,18+,21-,22-/m0/s1. The van der Waals surface area contributed by atoms with E-state index in [0.29, 0.717) is 17.9 Å². The number of aliphatic hydroxyl groups is 1. The molecule has 1 N–H and O–H groups in total. The summed E-state index contributed by atoms with van der Waals surface area (Å²) in [6.07, 6.45) is 1.74. The Balaban J connectivity index is 1.69. The summed E-state index contributed by atoms with van der Waals surface area (Å²) in [6, 6.07) is 3.59. The molecule has 0 amide bonds. The van der Waals surface area contributed by atoms with Crippen molar-refractivity contribution in [2.24, 2.45) is 22.7 Å². The molecule has 5 fully saturated rings. The summed E-state index contributed by atoms with van der Waals surface area (Å²) in [5.74, 6) is 0.0439. The summed E-state index contributed by atoms with van der Waals surface area (Å²) in [4.78, 5) is 24.2. The maximum absolute atomic E-state index is 13.3. The number of piperidine rings is 2. The number of hydrogen-bond acceptors (Lipinski definition) is 8. The smallest absolute Gasteiger partial charge is 0.310 e. The summed E-state index contributed by atoms with van der Waals surface area (Å²) in [5.41, 5.74) is 2.87. The highest BCUT2D eigenvalue weighted by Crippen LogP contribution is 2.70. The van der Waals surface area contributed by atoms with Gasteiger partial charge in [-0.05, 0) is 30.9 Å². The molecule has 158 valence electrons. The SMILES string of the molecule is C/C=C1/[C@@H]2C3[C@@H](O)ON2[C@H]2C[C@@H]1C(C(=O)OC)[C@]31C2=Nc2cc(OC)c(OC)cc21. The van der Waals surface area contributed by atoms with E-state index in [4.69, 9.17) is 24.0 Å². The second kappa shape index (κ2) is 5.84. The Labute approximate surface area is 174 Å². The Hall–Kier alpha value is -2.42. The van der Waals surface area contributed by atoms with Gasteiger partial charge < -0.3 is 19.3 Å². The first-order chi connectivity index (χ1) is 14.5. The number of carbonyl (C=O) groups excluding carboxylic acids is 1. The van der Waals surface area contributed by atoms with Gasteiger partial charge in [0.2, 0.25) is 0 Å². The quantitative estimate of drug-likeness (QED) is 0.597. The second-order valence-electron chi connectivity index (χ2n) is 8.56. The van der Waals surface area contributed by atoms with Crippen LogP contribution in [0.4, 0.5) is 5.69 Å². The van der Waals surface area contributed by atoms with E-state index < -0.39 is 17.6 Å². The number of fused-ring (bicyclic) bond motifs is 1. The van der Waals surface area contributed by atoms with Gasteiger partial charge in [-0.2, -0.15) is 5.06 Å². The van der Waals surface area contributed by atoms with E-state index >= 15 is 0 Å².